The summed E-state index contributed by atoms with van der Waals surface area (Å²) < 4.78 is 5.76. The molecule has 8 nitrogen and oxygen atoms in total. The Bertz CT molecular complexity index is 1130. The molecule has 1 aliphatic heterocycles. The fraction of sp³-hybridized carbons (Fsp3) is 0.263. The van der Waals surface area contributed by atoms with E-state index in [9.17, 15) is 9.59 Å². The van der Waals surface area contributed by atoms with Crippen LogP contribution in [0.1, 0.15) is 25.5 Å². The molecule has 1 aliphatic rings. The van der Waals surface area contributed by atoms with Crippen LogP contribution in [0, 0.1) is 0 Å². The summed E-state index contributed by atoms with van der Waals surface area (Å²) in [6.07, 6.45) is 3.09. The number of nitrogens with zero attached hydrogens (tertiary/aromatic N) is 3. The van der Waals surface area contributed by atoms with E-state index in [2.05, 4.69) is 20.3 Å². The number of hydrogen-bond acceptors (Lipinski definition) is 6. The second kappa shape index (κ2) is 7.12. The molecule has 0 fully saturated rings. The molecule has 0 saturated heterocycles. The zero-order chi connectivity index (χ0) is 19.8. The van der Waals surface area contributed by atoms with Crippen molar-refractivity contribution in [3.8, 4) is 5.75 Å². The van der Waals surface area contributed by atoms with Gasteiger partial charge in [0.15, 0.2) is 11.6 Å². The number of pyridine rings is 3. The van der Waals surface area contributed by atoms with Gasteiger partial charge in [-0.2, -0.15) is 0 Å². The maximum Gasteiger partial charge on any atom is 0.254 e. The molecule has 4 heterocycles. The highest BCUT2D eigenvalue weighted by molar-refractivity contribution is 6.31. The molecule has 1 amide bonds. The van der Waals surface area contributed by atoms with E-state index in [4.69, 9.17) is 16.3 Å². The lowest BCUT2D eigenvalue weighted by Crippen LogP contribution is -2.36. The molecule has 0 bridgehead atoms. The van der Waals surface area contributed by atoms with E-state index in [1.165, 1.54) is 13.1 Å². The number of anilines is 2. The average molecular weight is 400 g/mol. The Morgan fingerprint density at radius 3 is 3.00 bits per heavy atom. The Morgan fingerprint density at radius 1 is 1.39 bits per heavy atom. The van der Waals surface area contributed by atoms with Crippen LogP contribution in [0.5, 0.6) is 5.75 Å². The van der Waals surface area contributed by atoms with Gasteiger partial charge in [0.25, 0.3) is 5.56 Å². The summed E-state index contributed by atoms with van der Waals surface area (Å²) >= 11 is 6.01. The maximum absolute atomic E-state index is 12.5. The van der Waals surface area contributed by atoms with E-state index in [1.54, 1.807) is 29.3 Å². The lowest BCUT2D eigenvalue weighted by atomic mass is 10.1. The molecule has 0 aliphatic carbocycles. The summed E-state index contributed by atoms with van der Waals surface area (Å²) in [6, 6.07) is 4.86. The Hall–Kier alpha value is -3.13. The molecule has 0 saturated carbocycles. The van der Waals surface area contributed by atoms with Gasteiger partial charge < -0.3 is 19.9 Å². The van der Waals surface area contributed by atoms with Crippen molar-refractivity contribution in [3.63, 3.8) is 0 Å². The minimum atomic E-state index is -0.373. The van der Waals surface area contributed by atoms with Crippen LogP contribution in [0.2, 0.25) is 5.02 Å². The highest BCUT2D eigenvalue weighted by Gasteiger charge is 2.25. The van der Waals surface area contributed by atoms with Crippen LogP contribution in [0.25, 0.3) is 11.0 Å². The van der Waals surface area contributed by atoms with Crippen LogP contribution in [0.4, 0.5) is 11.5 Å². The second-order valence-electron chi connectivity index (χ2n) is 6.54. The van der Waals surface area contributed by atoms with Crippen molar-refractivity contribution in [1.29, 1.82) is 0 Å². The molecular formula is C19H18ClN5O3. The zero-order valence-corrected chi connectivity index (χ0v) is 16.1. The van der Waals surface area contributed by atoms with Crippen LogP contribution in [-0.2, 0) is 4.79 Å². The maximum atomic E-state index is 12.5. The van der Waals surface area contributed by atoms with E-state index in [0.29, 0.717) is 46.6 Å². The molecule has 1 atom stereocenters. The third-order valence-corrected chi connectivity index (χ3v) is 4.83. The molecule has 144 valence electrons. The fourth-order valence-corrected chi connectivity index (χ4v) is 3.44. The largest absolute Gasteiger partial charge is 0.486 e. The number of H-pyrrole nitrogens is 1. The van der Waals surface area contributed by atoms with Crippen LogP contribution in [0.15, 0.2) is 35.4 Å². The van der Waals surface area contributed by atoms with Gasteiger partial charge in [-0.25, -0.2) is 9.97 Å². The first kappa shape index (κ1) is 18.2. The third-order valence-electron chi connectivity index (χ3n) is 4.62. The molecular weight excluding hydrogens is 382 g/mol. The normalized spacial score (nSPS) is 14.3. The van der Waals surface area contributed by atoms with Crippen LogP contribution >= 0.6 is 11.6 Å². The number of carbonyl (C=O) groups excluding carboxylic acids is 1. The van der Waals surface area contributed by atoms with Crippen molar-refractivity contribution in [1.82, 2.24) is 15.0 Å². The summed E-state index contributed by atoms with van der Waals surface area (Å²) in [4.78, 5) is 37.3. The van der Waals surface area contributed by atoms with Crippen molar-refractivity contribution >= 4 is 40.0 Å². The Morgan fingerprint density at radius 2 is 2.21 bits per heavy atom. The summed E-state index contributed by atoms with van der Waals surface area (Å²) in [5, 5.41) is 4.44. The first-order valence-corrected chi connectivity index (χ1v) is 9.17. The smallest absolute Gasteiger partial charge is 0.254 e. The number of fused-ring (bicyclic) bond motifs is 2. The number of halogens is 1. The van der Waals surface area contributed by atoms with Gasteiger partial charge >= 0.3 is 0 Å². The number of rotatable bonds is 3. The summed E-state index contributed by atoms with van der Waals surface area (Å²) in [6.45, 7) is 4.22. The summed E-state index contributed by atoms with van der Waals surface area (Å²) in [7, 11) is 0. The molecule has 3 aromatic heterocycles. The van der Waals surface area contributed by atoms with Crippen LogP contribution < -0.4 is 20.5 Å². The van der Waals surface area contributed by atoms with Gasteiger partial charge in [0, 0.05) is 30.3 Å². The molecule has 0 spiro atoms. The van der Waals surface area contributed by atoms with Gasteiger partial charge in [-0.1, -0.05) is 11.6 Å². The number of carbonyl (C=O) groups is 1. The molecule has 4 rings (SSSR count). The van der Waals surface area contributed by atoms with Gasteiger partial charge in [0.05, 0.1) is 23.3 Å². The topological polar surface area (TPSA) is 100 Å². The average Bonchev–Trinajstić information content (AvgIpc) is 2.67. The molecule has 9 heteroatoms. The SMILES string of the molecule is CC(=O)N1CCOc2c1ccnc2N[C@@H](C)c1cc2cc(Cl)cnc2[nH]c1=O. The van der Waals surface area contributed by atoms with Crippen LogP contribution in [-0.4, -0.2) is 34.0 Å². The van der Waals surface area contributed by atoms with E-state index in [0.717, 1.165) is 5.39 Å². The number of hydrogen-bond donors (Lipinski definition) is 2. The van der Waals surface area contributed by atoms with E-state index in [1.807, 2.05) is 6.92 Å². The summed E-state index contributed by atoms with van der Waals surface area (Å²) in [5.74, 6) is 0.905. The van der Waals surface area contributed by atoms with Gasteiger partial charge in [0.2, 0.25) is 5.91 Å². The fourth-order valence-electron chi connectivity index (χ4n) is 3.27. The van der Waals surface area contributed by atoms with E-state index >= 15 is 0 Å². The quantitative estimate of drug-likeness (QED) is 0.702. The summed E-state index contributed by atoms with van der Waals surface area (Å²) in [5.41, 5.74) is 1.39. The zero-order valence-electron chi connectivity index (χ0n) is 15.3. The van der Waals surface area contributed by atoms with Crippen molar-refractivity contribution < 1.29 is 9.53 Å². The highest BCUT2D eigenvalue weighted by Crippen LogP contribution is 2.38. The van der Waals surface area contributed by atoms with Gasteiger partial charge in [-0.05, 0) is 25.1 Å². The minimum Gasteiger partial charge on any atom is -0.486 e. The molecule has 0 unspecified atom stereocenters. The van der Waals surface area contributed by atoms with E-state index < -0.39 is 0 Å². The second-order valence-corrected chi connectivity index (χ2v) is 6.97. The Balaban J connectivity index is 1.70. The van der Waals surface area contributed by atoms with Gasteiger partial charge in [-0.15, -0.1) is 0 Å². The molecule has 2 N–H and O–H groups in total. The van der Waals surface area contributed by atoms with Gasteiger partial charge in [-0.3, -0.25) is 9.59 Å². The monoisotopic (exact) mass is 399 g/mol. The van der Waals surface area contributed by atoms with Crippen molar-refractivity contribution in [2.75, 3.05) is 23.4 Å². The van der Waals surface area contributed by atoms with Crippen molar-refractivity contribution in [3.05, 3.63) is 51.5 Å². The number of amides is 1. The molecule has 0 radical (unpaired) electrons. The molecule has 3 aromatic rings. The van der Waals surface area contributed by atoms with E-state index in [-0.39, 0.29) is 17.5 Å². The molecule has 28 heavy (non-hydrogen) atoms. The Kier molecular flexibility index (Phi) is 4.64. The molecule has 0 aromatic carbocycles. The number of nitrogens with one attached hydrogen (secondary N) is 2. The lowest BCUT2D eigenvalue weighted by Gasteiger charge is -2.30. The van der Waals surface area contributed by atoms with Crippen molar-refractivity contribution in [2.24, 2.45) is 0 Å². The number of aromatic nitrogens is 3. The first-order valence-electron chi connectivity index (χ1n) is 8.79. The van der Waals surface area contributed by atoms with Gasteiger partial charge in [0.1, 0.15) is 12.3 Å². The highest BCUT2D eigenvalue weighted by atomic mass is 35.5. The Labute approximate surface area is 165 Å². The lowest BCUT2D eigenvalue weighted by molar-refractivity contribution is -0.116. The predicted octanol–water partition coefficient (Wildman–Crippen LogP) is 2.89. The first-order chi connectivity index (χ1) is 13.4. The number of aromatic amines is 1. The van der Waals surface area contributed by atoms with Crippen LogP contribution in [0.3, 0.4) is 0 Å². The van der Waals surface area contributed by atoms with Crippen molar-refractivity contribution in [2.45, 2.75) is 19.9 Å². The third kappa shape index (κ3) is 3.27. The minimum absolute atomic E-state index is 0.0647. The number of ether oxygens (including phenoxy) is 1. The predicted molar refractivity (Wildman–Crippen MR) is 107 cm³/mol. The standard InChI is InChI=1S/C19H18ClN5O3/c1-10(14-8-12-7-13(20)9-22-17(12)24-19(14)27)23-18-16-15(3-4-21-18)25(11(2)26)5-6-28-16/h3-4,7-10H,5-6H2,1-2H3,(H,21,23)(H,22,24,27)/t10-/m0/s1.